The average Bonchev–Trinajstić information content (AvgIpc) is 2.63. The normalized spacial score (nSPS) is 14.4. The molecule has 1 heterocycles. The van der Waals surface area contributed by atoms with Gasteiger partial charge in [0.2, 0.25) is 5.91 Å². The number of aromatic nitrogens is 2. The topological polar surface area (TPSA) is 64.2 Å². The Bertz CT molecular complexity index is 384. The molecule has 17 heavy (non-hydrogen) atoms. The lowest BCUT2D eigenvalue weighted by Gasteiger charge is -2.28. The lowest BCUT2D eigenvalue weighted by atomic mass is 9.96. The zero-order valence-electron chi connectivity index (χ0n) is 11.1. The smallest absolute Gasteiger partial charge is 0.242 e. The first-order valence-electron chi connectivity index (χ1n) is 5.89. The second-order valence-electron chi connectivity index (χ2n) is 4.78. The first-order chi connectivity index (χ1) is 7.88. The highest BCUT2D eigenvalue weighted by atomic mass is 16.2. The molecule has 1 aromatic rings. The largest absolute Gasteiger partial charge is 0.337 e. The molecule has 5 heteroatoms. The van der Waals surface area contributed by atoms with E-state index in [4.69, 9.17) is 5.73 Å². The highest BCUT2D eigenvalue weighted by molar-refractivity contribution is 5.85. The van der Waals surface area contributed by atoms with Gasteiger partial charge in [-0.3, -0.25) is 4.79 Å². The highest BCUT2D eigenvalue weighted by Gasteiger charge is 2.30. The van der Waals surface area contributed by atoms with Crippen molar-refractivity contribution < 1.29 is 4.79 Å². The van der Waals surface area contributed by atoms with Crippen molar-refractivity contribution in [1.82, 2.24) is 14.5 Å². The van der Waals surface area contributed by atoms with E-state index in [1.54, 1.807) is 25.1 Å². The van der Waals surface area contributed by atoms with Gasteiger partial charge >= 0.3 is 0 Å². The van der Waals surface area contributed by atoms with Crippen LogP contribution in [0.25, 0.3) is 0 Å². The van der Waals surface area contributed by atoms with Gasteiger partial charge in [-0.25, -0.2) is 4.98 Å². The second-order valence-corrected chi connectivity index (χ2v) is 4.78. The Morgan fingerprint density at radius 1 is 1.65 bits per heavy atom. The molecule has 1 unspecified atom stereocenters. The summed E-state index contributed by atoms with van der Waals surface area (Å²) < 4.78 is 1.90. The number of rotatable bonds is 5. The Hall–Kier alpha value is -1.36. The molecule has 1 atom stereocenters. The van der Waals surface area contributed by atoms with E-state index in [-0.39, 0.29) is 5.91 Å². The third-order valence-electron chi connectivity index (χ3n) is 2.90. The lowest BCUT2D eigenvalue weighted by molar-refractivity contribution is -0.136. The monoisotopic (exact) mass is 238 g/mol. The maximum atomic E-state index is 12.2. The SMILES string of the molecule is CCCC(C)(N)C(=O)N(C)Cc1nccn1C. The van der Waals surface area contributed by atoms with E-state index in [2.05, 4.69) is 4.98 Å². The van der Waals surface area contributed by atoms with E-state index in [0.29, 0.717) is 13.0 Å². The molecule has 0 saturated heterocycles. The molecule has 0 fully saturated rings. The molecule has 2 N–H and O–H groups in total. The Morgan fingerprint density at radius 2 is 2.29 bits per heavy atom. The summed E-state index contributed by atoms with van der Waals surface area (Å²) in [6.45, 7) is 4.30. The average molecular weight is 238 g/mol. The van der Waals surface area contributed by atoms with E-state index < -0.39 is 5.54 Å². The van der Waals surface area contributed by atoms with E-state index >= 15 is 0 Å². The molecule has 1 aromatic heterocycles. The molecule has 0 aliphatic rings. The summed E-state index contributed by atoms with van der Waals surface area (Å²) in [5.41, 5.74) is 5.24. The molecule has 0 saturated carbocycles. The van der Waals surface area contributed by atoms with Crippen molar-refractivity contribution in [2.75, 3.05) is 7.05 Å². The van der Waals surface area contributed by atoms with Crippen molar-refractivity contribution in [3.63, 3.8) is 0 Å². The van der Waals surface area contributed by atoms with Crippen LogP contribution in [0, 0.1) is 0 Å². The molecular weight excluding hydrogens is 216 g/mol. The number of hydrogen-bond donors (Lipinski definition) is 1. The fraction of sp³-hybridized carbons (Fsp3) is 0.667. The summed E-state index contributed by atoms with van der Waals surface area (Å²) in [4.78, 5) is 18.0. The summed E-state index contributed by atoms with van der Waals surface area (Å²) in [6.07, 6.45) is 5.17. The summed E-state index contributed by atoms with van der Waals surface area (Å²) in [5.74, 6) is 0.815. The molecule has 0 aliphatic carbocycles. The van der Waals surface area contributed by atoms with E-state index in [9.17, 15) is 4.79 Å². The van der Waals surface area contributed by atoms with Crippen molar-refractivity contribution in [2.45, 2.75) is 38.8 Å². The number of amides is 1. The summed E-state index contributed by atoms with van der Waals surface area (Å²) >= 11 is 0. The number of carbonyl (C=O) groups excluding carboxylic acids is 1. The fourth-order valence-corrected chi connectivity index (χ4v) is 1.90. The van der Waals surface area contributed by atoms with Crippen LogP contribution in [0.1, 0.15) is 32.5 Å². The first-order valence-corrected chi connectivity index (χ1v) is 5.89. The number of aryl methyl sites for hydroxylation is 1. The molecule has 0 bridgehead atoms. The Labute approximate surface area is 103 Å². The summed E-state index contributed by atoms with van der Waals surface area (Å²) in [6, 6.07) is 0. The summed E-state index contributed by atoms with van der Waals surface area (Å²) in [5, 5.41) is 0. The van der Waals surface area contributed by atoms with Crippen LogP contribution in [-0.4, -0.2) is 32.9 Å². The molecule has 5 nitrogen and oxygen atoms in total. The zero-order chi connectivity index (χ0) is 13.1. The third-order valence-corrected chi connectivity index (χ3v) is 2.90. The maximum Gasteiger partial charge on any atom is 0.242 e. The molecule has 0 aliphatic heterocycles. The predicted octanol–water partition coefficient (Wildman–Crippen LogP) is 0.896. The minimum Gasteiger partial charge on any atom is -0.337 e. The summed E-state index contributed by atoms with van der Waals surface area (Å²) in [7, 11) is 3.67. The van der Waals surface area contributed by atoms with Crippen molar-refractivity contribution in [1.29, 1.82) is 0 Å². The van der Waals surface area contributed by atoms with Gasteiger partial charge in [-0.2, -0.15) is 0 Å². The highest BCUT2D eigenvalue weighted by Crippen LogP contribution is 2.13. The number of imidazole rings is 1. The minimum absolute atomic E-state index is 0.0395. The van der Waals surface area contributed by atoms with Crippen LogP contribution in [0.15, 0.2) is 12.4 Å². The maximum absolute atomic E-state index is 12.2. The number of hydrogen-bond acceptors (Lipinski definition) is 3. The number of carbonyl (C=O) groups is 1. The number of nitrogens with zero attached hydrogens (tertiary/aromatic N) is 3. The van der Waals surface area contributed by atoms with Crippen LogP contribution >= 0.6 is 0 Å². The Balaban J connectivity index is 2.68. The van der Waals surface area contributed by atoms with E-state index in [0.717, 1.165) is 12.2 Å². The van der Waals surface area contributed by atoms with Crippen LogP contribution in [-0.2, 0) is 18.4 Å². The minimum atomic E-state index is -0.783. The molecule has 0 radical (unpaired) electrons. The van der Waals surface area contributed by atoms with Gasteiger partial charge in [0, 0.05) is 26.5 Å². The van der Waals surface area contributed by atoms with Crippen LogP contribution < -0.4 is 5.73 Å². The Kier molecular flexibility index (Phi) is 4.28. The van der Waals surface area contributed by atoms with E-state index in [1.165, 1.54) is 0 Å². The van der Waals surface area contributed by atoms with Crippen LogP contribution in [0.4, 0.5) is 0 Å². The fourth-order valence-electron chi connectivity index (χ4n) is 1.90. The molecule has 0 spiro atoms. The number of nitrogens with two attached hydrogens (primary N) is 1. The van der Waals surface area contributed by atoms with Crippen molar-refractivity contribution >= 4 is 5.91 Å². The quantitative estimate of drug-likeness (QED) is 0.828. The molecular formula is C12H22N4O. The van der Waals surface area contributed by atoms with Crippen molar-refractivity contribution in [3.8, 4) is 0 Å². The lowest BCUT2D eigenvalue weighted by Crippen LogP contribution is -2.51. The molecule has 96 valence electrons. The van der Waals surface area contributed by atoms with Crippen LogP contribution in [0.2, 0.25) is 0 Å². The standard InChI is InChI=1S/C12H22N4O/c1-5-6-12(2,13)11(17)16(4)9-10-14-7-8-15(10)3/h7-8H,5-6,9,13H2,1-4H3. The molecule has 1 rings (SSSR count). The van der Waals surface area contributed by atoms with Gasteiger partial charge in [0.05, 0.1) is 12.1 Å². The van der Waals surface area contributed by atoms with Gasteiger partial charge in [0.1, 0.15) is 5.82 Å². The van der Waals surface area contributed by atoms with Gasteiger partial charge < -0.3 is 15.2 Å². The third kappa shape index (κ3) is 3.30. The number of likely N-dealkylation sites (N-methyl/N-ethyl adjacent to an activating group) is 1. The Morgan fingerprint density at radius 3 is 2.76 bits per heavy atom. The van der Waals surface area contributed by atoms with Crippen LogP contribution in [0.3, 0.4) is 0 Å². The van der Waals surface area contributed by atoms with Gasteiger partial charge in [-0.1, -0.05) is 13.3 Å². The predicted molar refractivity (Wildman–Crippen MR) is 67.2 cm³/mol. The van der Waals surface area contributed by atoms with Crippen molar-refractivity contribution in [2.24, 2.45) is 12.8 Å². The van der Waals surface area contributed by atoms with Gasteiger partial charge in [0.25, 0.3) is 0 Å². The van der Waals surface area contributed by atoms with Gasteiger partial charge in [-0.05, 0) is 13.3 Å². The first kappa shape index (κ1) is 13.7. The zero-order valence-corrected chi connectivity index (χ0v) is 11.1. The van der Waals surface area contributed by atoms with Gasteiger partial charge in [-0.15, -0.1) is 0 Å². The second kappa shape index (κ2) is 5.31. The van der Waals surface area contributed by atoms with Crippen molar-refractivity contribution in [3.05, 3.63) is 18.2 Å². The van der Waals surface area contributed by atoms with Crippen LogP contribution in [0.5, 0.6) is 0 Å². The van der Waals surface area contributed by atoms with Gasteiger partial charge in [0.15, 0.2) is 0 Å². The van der Waals surface area contributed by atoms with E-state index in [1.807, 2.05) is 24.7 Å². The molecule has 1 amide bonds. The molecule has 0 aromatic carbocycles.